The Morgan fingerprint density at radius 3 is 2.95 bits per heavy atom. The van der Waals surface area contributed by atoms with Gasteiger partial charge >= 0.3 is 0 Å². The van der Waals surface area contributed by atoms with E-state index in [-0.39, 0.29) is 17.5 Å². The van der Waals surface area contributed by atoms with Crippen LogP contribution in [0.3, 0.4) is 0 Å². The lowest BCUT2D eigenvalue weighted by Crippen LogP contribution is -2.34. The first-order valence-corrected chi connectivity index (χ1v) is 5.68. The fourth-order valence-corrected chi connectivity index (χ4v) is 2.19. The van der Waals surface area contributed by atoms with Crippen LogP contribution in [0.1, 0.15) is 12.6 Å². The van der Waals surface area contributed by atoms with Crippen molar-refractivity contribution in [3.8, 4) is 0 Å². The summed E-state index contributed by atoms with van der Waals surface area (Å²) in [5.41, 5.74) is 0.101. The molecule has 2 aromatic rings. The van der Waals surface area contributed by atoms with Crippen molar-refractivity contribution in [2.75, 3.05) is 0 Å². The van der Waals surface area contributed by atoms with Crippen LogP contribution in [0.2, 0.25) is 0 Å². The van der Waals surface area contributed by atoms with Gasteiger partial charge in [-0.1, -0.05) is 0 Å². The lowest BCUT2D eigenvalue weighted by atomic mass is 10.2. The zero-order chi connectivity index (χ0) is 13.6. The summed E-state index contributed by atoms with van der Waals surface area (Å²) >= 11 is 0. The molecule has 0 radical (unpaired) electrons. The van der Waals surface area contributed by atoms with Gasteiger partial charge in [0, 0.05) is 6.42 Å². The van der Waals surface area contributed by atoms with Gasteiger partial charge in [-0.3, -0.25) is 9.36 Å². The van der Waals surface area contributed by atoms with Crippen molar-refractivity contribution in [2.45, 2.75) is 31.1 Å². The van der Waals surface area contributed by atoms with Crippen LogP contribution < -0.4 is 5.56 Å². The Bertz CT molecular complexity index is 651. The predicted octanol–water partition coefficient (Wildman–Crippen LogP) is -1.92. The monoisotopic (exact) mass is 268 g/mol. The van der Waals surface area contributed by atoms with E-state index in [1.54, 1.807) is 0 Å². The first-order valence-electron chi connectivity index (χ1n) is 5.68. The van der Waals surface area contributed by atoms with E-state index >= 15 is 0 Å². The fourth-order valence-electron chi connectivity index (χ4n) is 2.19. The lowest BCUT2D eigenvalue weighted by Gasteiger charge is -2.16. The number of imidazole rings is 1. The summed E-state index contributed by atoms with van der Waals surface area (Å²) in [7, 11) is 0. The third-order valence-corrected chi connectivity index (χ3v) is 3.11. The van der Waals surface area contributed by atoms with Gasteiger partial charge in [0.1, 0.15) is 12.3 Å². The number of ether oxygens (including phenoxy) is 1. The van der Waals surface area contributed by atoms with Crippen molar-refractivity contribution in [3.05, 3.63) is 23.0 Å². The van der Waals surface area contributed by atoms with Gasteiger partial charge in [0.05, 0.1) is 18.8 Å². The summed E-state index contributed by atoms with van der Waals surface area (Å²) in [6.45, 7) is 0. The molecule has 9 heteroatoms. The highest BCUT2D eigenvalue weighted by Crippen LogP contribution is 2.31. The van der Waals surface area contributed by atoms with Crippen LogP contribution in [-0.2, 0) is 4.74 Å². The molecule has 0 unspecified atom stereocenters. The van der Waals surface area contributed by atoms with E-state index in [9.17, 15) is 9.90 Å². The van der Waals surface area contributed by atoms with Crippen LogP contribution in [0.5, 0.6) is 0 Å². The van der Waals surface area contributed by atoms with Gasteiger partial charge in [-0.25, -0.2) is 9.97 Å². The number of hydrogen-bond acceptors (Lipinski definition) is 7. The molecule has 0 bridgehead atoms. The predicted molar refractivity (Wildman–Crippen MR) is 60.9 cm³/mol. The Balaban J connectivity index is 1.98. The molecule has 1 fully saturated rings. The number of aromatic amines is 1. The van der Waals surface area contributed by atoms with Gasteiger partial charge in [0.15, 0.2) is 17.5 Å². The molecule has 3 atom stereocenters. The molecule has 0 saturated carbocycles. The van der Waals surface area contributed by atoms with Crippen LogP contribution in [0.25, 0.3) is 11.2 Å². The van der Waals surface area contributed by atoms with Gasteiger partial charge in [-0.2, -0.15) is 0 Å². The number of aliphatic hydroxyl groups excluding tert-OH is 2. The molecule has 3 rings (SSSR count). The maximum absolute atomic E-state index is 11.5. The topological polar surface area (TPSA) is 133 Å². The number of hydrogen-bond donors (Lipinski definition) is 4. The number of nitrogens with one attached hydrogen (secondary N) is 1. The standard InChI is InChI=1S/C10H12N4O5/c15-4-1-5(19-7(4)10(17)18)14-3-13-6-8(14)11-2-12-9(6)16/h2-5,7,10,15,17-18H,1H2,(H,11,12,16)/t4-,5+,7-/m0/s1. The SMILES string of the molecule is O=c1[nH]cnc2c1ncn2[C@H]1C[C@H](O)[C@@H](C(O)O)O1. The Morgan fingerprint density at radius 1 is 1.47 bits per heavy atom. The molecule has 19 heavy (non-hydrogen) atoms. The molecule has 0 amide bonds. The molecule has 1 aliphatic heterocycles. The molecule has 4 N–H and O–H groups in total. The molecular formula is C10H12N4O5. The second-order valence-corrected chi connectivity index (χ2v) is 4.33. The summed E-state index contributed by atoms with van der Waals surface area (Å²) in [6, 6.07) is 0. The van der Waals surface area contributed by atoms with E-state index in [1.165, 1.54) is 17.2 Å². The minimum atomic E-state index is -1.77. The van der Waals surface area contributed by atoms with Crippen LogP contribution in [-0.4, -0.2) is 53.3 Å². The maximum Gasteiger partial charge on any atom is 0.278 e. The van der Waals surface area contributed by atoms with Crippen molar-refractivity contribution in [1.29, 1.82) is 0 Å². The summed E-state index contributed by atoms with van der Waals surface area (Å²) < 4.78 is 6.83. The number of aromatic nitrogens is 4. The largest absolute Gasteiger partial charge is 0.390 e. The van der Waals surface area contributed by atoms with Crippen molar-refractivity contribution < 1.29 is 20.1 Å². The summed E-state index contributed by atoms with van der Waals surface area (Å²) in [5, 5.41) is 27.8. The molecule has 1 saturated heterocycles. The van der Waals surface area contributed by atoms with E-state index in [1.807, 2.05) is 0 Å². The number of rotatable bonds is 2. The fraction of sp³-hybridized carbons (Fsp3) is 0.500. The second-order valence-electron chi connectivity index (χ2n) is 4.33. The van der Waals surface area contributed by atoms with Crippen LogP contribution in [0, 0.1) is 0 Å². The molecule has 9 nitrogen and oxygen atoms in total. The molecule has 0 spiro atoms. The van der Waals surface area contributed by atoms with Gasteiger partial charge in [-0.05, 0) is 0 Å². The number of fused-ring (bicyclic) bond motifs is 1. The highest BCUT2D eigenvalue weighted by atomic mass is 16.6. The minimum absolute atomic E-state index is 0.155. The van der Waals surface area contributed by atoms with Gasteiger partial charge < -0.3 is 25.0 Å². The molecular weight excluding hydrogens is 256 g/mol. The quantitative estimate of drug-likeness (QED) is 0.466. The zero-order valence-corrected chi connectivity index (χ0v) is 9.67. The molecule has 3 heterocycles. The molecule has 102 valence electrons. The van der Waals surface area contributed by atoms with Crippen molar-refractivity contribution in [2.24, 2.45) is 0 Å². The summed E-state index contributed by atoms with van der Waals surface area (Å²) in [6.07, 6.45) is -1.76. The van der Waals surface area contributed by atoms with Gasteiger partial charge in [0.25, 0.3) is 5.56 Å². The average molecular weight is 268 g/mol. The van der Waals surface area contributed by atoms with Crippen molar-refractivity contribution >= 4 is 11.2 Å². The highest BCUT2D eigenvalue weighted by Gasteiger charge is 2.39. The van der Waals surface area contributed by atoms with Gasteiger partial charge in [0.2, 0.25) is 0 Å². The van der Waals surface area contributed by atoms with E-state index in [2.05, 4.69) is 15.0 Å². The minimum Gasteiger partial charge on any atom is -0.390 e. The maximum atomic E-state index is 11.5. The van der Waals surface area contributed by atoms with Crippen molar-refractivity contribution in [1.82, 2.24) is 19.5 Å². The average Bonchev–Trinajstić information content (AvgIpc) is 2.93. The van der Waals surface area contributed by atoms with Crippen LogP contribution >= 0.6 is 0 Å². The second kappa shape index (κ2) is 4.38. The first-order chi connectivity index (χ1) is 9.08. The highest BCUT2D eigenvalue weighted by molar-refractivity contribution is 5.68. The van der Waals surface area contributed by atoms with E-state index in [4.69, 9.17) is 14.9 Å². The molecule has 1 aliphatic rings. The van der Waals surface area contributed by atoms with E-state index in [0.29, 0.717) is 5.65 Å². The summed E-state index contributed by atoms with van der Waals surface area (Å²) in [4.78, 5) is 21.8. The van der Waals surface area contributed by atoms with Crippen LogP contribution in [0.4, 0.5) is 0 Å². The van der Waals surface area contributed by atoms with Crippen molar-refractivity contribution in [3.63, 3.8) is 0 Å². The lowest BCUT2D eigenvalue weighted by molar-refractivity contribution is -0.167. The smallest absolute Gasteiger partial charge is 0.278 e. The summed E-state index contributed by atoms with van der Waals surface area (Å²) in [5.74, 6) is 0. The Hall–Kier alpha value is -1.81. The first kappa shape index (κ1) is 12.2. The third kappa shape index (κ3) is 1.92. The zero-order valence-electron chi connectivity index (χ0n) is 9.67. The number of H-pyrrole nitrogens is 1. The number of nitrogens with zero attached hydrogens (tertiary/aromatic N) is 3. The van der Waals surface area contributed by atoms with Crippen LogP contribution in [0.15, 0.2) is 17.4 Å². The van der Waals surface area contributed by atoms with E-state index in [0.717, 1.165) is 0 Å². The third-order valence-electron chi connectivity index (χ3n) is 3.11. The molecule has 2 aromatic heterocycles. The Kier molecular flexibility index (Phi) is 2.82. The number of aliphatic hydroxyl groups is 3. The molecule has 0 aliphatic carbocycles. The van der Waals surface area contributed by atoms with E-state index < -0.39 is 24.7 Å². The normalized spacial score (nSPS) is 27.5. The molecule has 0 aromatic carbocycles. The Labute approximate surface area is 106 Å². The Morgan fingerprint density at radius 2 is 2.26 bits per heavy atom. The van der Waals surface area contributed by atoms with Gasteiger partial charge in [-0.15, -0.1) is 0 Å².